The molecule has 1 aliphatic rings. The summed E-state index contributed by atoms with van der Waals surface area (Å²) in [5.74, 6) is -5.48. The number of aromatic nitrogens is 2. The number of hydrogen-bond donors (Lipinski definition) is 3. The van der Waals surface area contributed by atoms with Gasteiger partial charge in [-0.05, 0) is 51.0 Å². The van der Waals surface area contributed by atoms with Crippen LogP contribution in [0.5, 0.6) is 11.5 Å². The van der Waals surface area contributed by atoms with Crippen LogP contribution >= 0.6 is 0 Å². The SMILES string of the molecule is CC(C)S(=O)(=O)NC[C@@H]1CC[C@@H](Nc2c(F)cnc3[nH]cc(C(=O)c4ccc(Oc5c(F)cccc5F)cc4F)c23)CO1. The lowest BCUT2D eigenvalue weighted by Crippen LogP contribution is -2.42. The minimum atomic E-state index is -3.44. The van der Waals surface area contributed by atoms with E-state index in [1.807, 2.05) is 0 Å². The van der Waals surface area contributed by atoms with Crippen LogP contribution in [0.3, 0.4) is 0 Å². The van der Waals surface area contributed by atoms with Crippen LogP contribution in [0.25, 0.3) is 11.0 Å². The number of sulfonamides is 1. The molecule has 1 saturated heterocycles. The Balaban J connectivity index is 1.33. The number of anilines is 1. The van der Waals surface area contributed by atoms with Crippen molar-refractivity contribution in [3.05, 3.63) is 83.2 Å². The predicted octanol–water partition coefficient (Wildman–Crippen LogP) is 5.43. The average Bonchev–Trinajstić information content (AvgIpc) is 3.40. The number of H-pyrrole nitrogens is 1. The first-order valence-corrected chi connectivity index (χ1v) is 15.0. The maximum Gasteiger partial charge on any atom is 0.214 e. The van der Waals surface area contributed by atoms with Crippen molar-refractivity contribution in [2.24, 2.45) is 0 Å². The molecule has 3 heterocycles. The van der Waals surface area contributed by atoms with Crippen LogP contribution in [0.15, 0.2) is 48.8 Å². The van der Waals surface area contributed by atoms with E-state index in [2.05, 4.69) is 20.0 Å². The third kappa shape index (κ3) is 6.50. The summed E-state index contributed by atoms with van der Waals surface area (Å²) < 4.78 is 95.6. The van der Waals surface area contributed by atoms with Crippen LogP contribution in [0, 0.1) is 23.3 Å². The van der Waals surface area contributed by atoms with Gasteiger partial charge in [-0.2, -0.15) is 0 Å². The first kappa shape index (κ1) is 30.4. The predicted molar refractivity (Wildman–Crippen MR) is 151 cm³/mol. The summed E-state index contributed by atoms with van der Waals surface area (Å²) in [5, 5.41) is 2.58. The molecule has 9 nitrogen and oxygen atoms in total. The zero-order chi connectivity index (χ0) is 30.9. The van der Waals surface area contributed by atoms with Crippen molar-refractivity contribution in [1.82, 2.24) is 14.7 Å². The molecule has 2 atom stereocenters. The largest absolute Gasteiger partial charge is 0.451 e. The lowest BCUT2D eigenvalue weighted by molar-refractivity contribution is 0.0132. The molecule has 0 aliphatic carbocycles. The van der Waals surface area contributed by atoms with Gasteiger partial charge in [0.25, 0.3) is 0 Å². The Morgan fingerprint density at radius 1 is 1.07 bits per heavy atom. The van der Waals surface area contributed by atoms with E-state index >= 15 is 8.78 Å². The number of fused-ring (bicyclic) bond motifs is 1. The number of carbonyl (C=O) groups excluding carboxylic acids is 1. The lowest BCUT2D eigenvalue weighted by Gasteiger charge is -2.30. The minimum Gasteiger partial charge on any atom is -0.451 e. The Morgan fingerprint density at radius 3 is 2.47 bits per heavy atom. The Bertz CT molecular complexity index is 1750. The first-order valence-electron chi connectivity index (χ1n) is 13.4. The molecule has 3 N–H and O–H groups in total. The van der Waals surface area contributed by atoms with E-state index < -0.39 is 50.1 Å². The molecule has 0 bridgehead atoms. The molecule has 228 valence electrons. The quantitative estimate of drug-likeness (QED) is 0.160. The number of para-hydroxylation sites is 1. The van der Waals surface area contributed by atoms with Gasteiger partial charge in [-0.1, -0.05) is 6.07 Å². The third-order valence-electron chi connectivity index (χ3n) is 7.08. The van der Waals surface area contributed by atoms with Crippen molar-refractivity contribution in [3.63, 3.8) is 0 Å². The van der Waals surface area contributed by atoms with Gasteiger partial charge < -0.3 is 19.8 Å². The number of hydrogen-bond acceptors (Lipinski definition) is 7. The molecule has 14 heteroatoms. The fourth-order valence-corrected chi connectivity index (χ4v) is 5.39. The molecule has 0 spiro atoms. The van der Waals surface area contributed by atoms with Gasteiger partial charge in [0, 0.05) is 24.8 Å². The molecule has 5 rings (SSSR count). The van der Waals surface area contributed by atoms with Crippen molar-refractivity contribution in [3.8, 4) is 11.5 Å². The highest BCUT2D eigenvalue weighted by molar-refractivity contribution is 7.90. The number of benzene rings is 2. The minimum absolute atomic E-state index is 0.0300. The molecular formula is C29H28F4N4O5S. The summed E-state index contributed by atoms with van der Waals surface area (Å²) in [5.41, 5.74) is -0.294. The fraction of sp³-hybridized carbons (Fsp3) is 0.310. The van der Waals surface area contributed by atoms with Crippen molar-refractivity contribution in [2.45, 2.75) is 44.1 Å². The molecule has 4 aromatic rings. The first-order chi connectivity index (χ1) is 20.4. The molecule has 43 heavy (non-hydrogen) atoms. The second-order valence-electron chi connectivity index (χ2n) is 10.3. The van der Waals surface area contributed by atoms with Gasteiger partial charge in [0.2, 0.25) is 10.0 Å². The van der Waals surface area contributed by atoms with E-state index in [-0.39, 0.29) is 58.9 Å². The average molecular weight is 621 g/mol. The second-order valence-corrected chi connectivity index (χ2v) is 12.7. The van der Waals surface area contributed by atoms with Crippen molar-refractivity contribution in [2.75, 3.05) is 18.5 Å². The summed E-state index contributed by atoms with van der Waals surface area (Å²) in [6.07, 6.45) is 2.92. The van der Waals surface area contributed by atoms with Crippen LogP contribution in [0.2, 0.25) is 0 Å². The third-order valence-corrected chi connectivity index (χ3v) is 8.89. The Kier molecular flexibility index (Phi) is 8.71. The van der Waals surface area contributed by atoms with Crippen LogP contribution in [-0.4, -0.2) is 54.7 Å². The van der Waals surface area contributed by atoms with Crippen molar-refractivity contribution >= 4 is 32.5 Å². The smallest absolute Gasteiger partial charge is 0.214 e. The van der Waals surface area contributed by atoms with E-state index in [9.17, 15) is 22.0 Å². The van der Waals surface area contributed by atoms with E-state index in [1.165, 1.54) is 12.3 Å². The number of halogens is 4. The standard InChI is InChI=1S/C29H28F4N4O5S/c1-15(2)43(39,40)36-11-18-7-6-16(14-41-18)37-26-24(33)13-35-29-25(26)20(12-34-29)27(38)19-9-8-17(10-23(19)32)42-28-21(30)4-3-5-22(28)31/h3-5,8-10,12-13,15-16,18,36H,6-7,11,14H2,1-2H3,(H2,34,35,37)/t16-,18+/m1/s1. The van der Waals surface area contributed by atoms with Crippen LogP contribution in [0.4, 0.5) is 23.2 Å². The van der Waals surface area contributed by atoms with Gasteiger partial charge in [-0.3, -0.25) is 4.79 Å². The molecule has 0 saturated carbocycles. The van der Waals surface area contributed by atoms with Crippen molar-refractivity contribution in [1.29, 1.82) is 0 Å². The molecular weight excluding hydrogens is 592 g/mol. The van der Waals surface area contributed by atoms with E-state index in [4.69, 9.17) is 9.47 Å². The zero-order valence-corrected chi connectivity index (χ0v) is 23.9. The normalized spacial score (nSPS) is 17.4. The van der Waals surface area contributed by atoms with Gasteiger partial charge in [0.05, 0.1) is 46.4 Å². The Labute approximate surface area is 244 Å². The zero-order valence-electron chi connectivity index (χ0n) is 23.1. The number of ether oxygens (including phenoxy) is 2. The Hall–Kier alpha value is -4.01. The van der Waals surface area contributed by atoms with Gasteiger partial charge in [0.1, 0.15) is 17.2 Å². The van der Waals surface area contributed by atoms with E-state index in [1.54, 1.807) is 13.8 Å². The van der Waals surface area contributed by atoms with Crippen LogP contribution in [0.1, 0.15) is 42.6 Å². The number of nitrogens with one attached hydrogen (secondary N) is 3. The molecule has 0 amide bonds. The highest BCUT2D eigenvalue weighted by Gasteiger charge is 2.28. The number of aromatic amines is 1. The van der Waals surface area contributed by atoms with Gasteiger partial charge in [-0.25, -0.2) is 35.7 Å². The topological polar surface area (TPSA) is 122 Å². The van der Waals surface area contributed by atoms with Gasteiger partial charge >= 0.3 is 0 Å². The maximum absolute atomic E-state index is 15.1. The number of ketones is 1. The van der Waals surface area contributed by atoms with Gasteiger partial charge in [-0.15, -0.1) is 0 Å². The lowest BCUT2D eigenvalue weighted by atomic mass is 10.0. The molecule has 1 fully saturated rings. The summed E-state index contributed by atoms with van der Waals surface area (Å²) in [6.45, 7) is 3.40. The van der Waals surface area contributed by atoms with E-state index in [0.29, 0.717) is 12.8 Å². The number of nitrogens with zero attached hydrogens (tertiary/aromatic N) is 1. The number of rotatable bonds is 10. The van der Waals surface area contributed by atoms with Gasteiger partial charge in [0.15, 0.2) is 29.0 Å². The fourth-order valence-electron chi connectivity index (χ4n) is 4.64. The number of carbonyl (C=O) groups is 1. The molecule has 2 aromatic carbocycles. The number of pyridine rings is 1. The van der Waals surface area contributed by atoms with E-state index in [0.717, 1.165) is 36.5 Å². The summed E-state index contributed by atoms with van der Waals surface area (Å²) in [7, 11) is -3.44. The molecule has 1 aliphatic heterocycles. The van der Waals surface area contributed by atoms with Crippen LogP contribution < -0.4 is 14.8 Å². The maximum atomic E-state index is 15.1. The molecule has 2 aromatic heterocycles. The summed E-state index contributed by atoms with van der Waals surface area (Å²) in [4.78, 5) is 20.2. The van der Waals surface area contributed by atoms with Crippen molar-refractivity contribution < 1.29 is 40.2 Å². The molecule has 0 unspecified atom stereocenters. The second kappa shape index (κ2) is 12.3. The highest BCUT2D eigenvalue weighted by Crippen LogP contribution is 2.33. The molecule has 0 radical (unpaired) electrons. The summed E-state index contributed by atoms with van der Waals surface area (Å²) >= 11 is 0. The Morgan fingerprint density at radius 2 is 1.81 bits per heavy atom. The highest BCUT2D eigenvalue weighted by atomic mass is 32.2. The summed E-state index contributed by atoms with van der Waals surface area (Å²) in [6, 6.07) is 5.86. The van der Waals surface area contributed by atoms with Crippen LogP contribution in [-0.2, 0) is 14.8 Å². The monoisotopic (exact) mass is 620 g/mol.